The lowest BCUT2D eigenvalue weighted by Crippen LogP contribution is -2.37. The van der Waals surface area contributed by atoms with E-state index in [-0.39, 0.29) is 18.4 Å². The van der Waals surface area contributed by atoms with Crippen LogP contribution >= 0.6 is 0 Å². The predicted molar refractivity (Wildman–Crippen MR) is 153 cm³/mol. The van der Waals surface area contributed by atoms with Gasteiger partial charge in [0, 0.05) is 30.9 Å². The quantitative estimate of drug-likeness (QED) is 0.442. The summed E-state index contributed by atoms with van der Waals surface area (Å²) >= 11 is 0. The average Bonchev–Trinajstić information content (AvgIpc) is 2.93. The Balaban J connectivity index is 1.49. The average molecular weight is 514 g/mol. The second-order valence-electron chi connectivity index (χ2n) is 9.87. The topological polar surface area (TPSA) is 70.7 Å². The van der Waals surface area contributed by atoms with Gasteiger partial charge in [0.1, 0.15) is 5.75 Å². The number of hydrogen-bond donors (Lipinski definition) is 2. The lowest BCUT2D eigenvalue weighted by molar-refractivity contribution is -0.120. The van der Waals surface area contributed by atoms with E-state index in [2.05, 4.69) is 29.7 Å². The number of amides is 2. The minimum Gasteiger partial charge on any atom is -0.484 e. The molecule has 200 valence electrons. The summed E-state index contributed by atoms with van der Waals surface area (Å²) in [6.45, 7) is 4.77. The third-order valence-corrected chi connectivity index (χ3v) is 7.03. The van der Waals surface area contributed by atoms with Gasteiger partial charge in [-0.15, -0.1) is 0 Å². The molecular formula is C32H39N3O3. The molecule has 6 heteroatoms. The van der Waals surface area contributed by atoms with E-state index in [1.807, 2.05) is 65.6 Å². The molecule has 0 unspecified atom stereocenters. The van der Waals surface area contributed by atoms with Crippen LogP contribution in [-0.4, -0.2) is 38.1 Å². The lowest BCUT2D eigenvalue weighted by Gasteiger charge is -2.26. The molecule has 38 heavy (non-hydrogen) atoms. The molecule has 0 saturated carbocycles. The zero-order valence-corrected chi connectivity index (χ0v) is 22.4. The Morgan fingerprint density at radius 2 is 1.68 bits per heavy atom. The summed E-state index contributed by atoms with van der Waals surface area (Å²) in [5.41, 5.74) is 4.87. The molecule has 0 saturated heterocycles. The van der Waals surface area contributed by atoms with Gasteiger partial charge in [-0.05, 0) is 79.8 Å². The van der Waals surface area contributed by atoms with Crippen LogP contribution in [0.5, 0.6) is 5.75 Å². The Bertz CT molecular complexity index is 1200. The number of anilines is 1. The first kappa shape index (κ1) is 27.4. The largest absolute Gasteiger partial charge is 0.484 e. The van der Waals surface area contributed by atoms with Crippen LogP contribution in [-0.2, 0) is 17.8 Å². The van der Waals surface area contributed by atoms with Crippen LogP contribution in [0.15, 0.2) is 72.8 Å². The van der Waals surface area contributed by atoms with Crippen LogP contribution in [0.2, 0.25) is 0 Å². The third-order valence-electron chi connectivity index (χ3n) is 7.03. The highest BCUT2D eigenvalue weighted by Gasteiger charge is 2.21. The highest BCUT2D eigenvalue weighted by Crippen LogP contribution is 2.25. The number of ether oxygens (including phenoxy) is 1. The van der Waals surface area contributed by atoms with Crippen LogP contribution in [0.4, 0.5) is 5.69 Å². The highest BCUT2D eigenvalue weighted by atomic mass is 16.5. The number of carbonyl (C=O) groups is 2. The van der Waals surface area contributed by atoms with Gasteiger partial charge in [-0.25, -0.2) is 0 Å². The molecule has 1 aliphatic rings. The van der Waals surface area contributed by atoms with Gasteiger partial charge in [0.05, 0.1) is 0 Å². The number of benzene rings is 3. The first-order chi connectivity index (χ1) is 18.6. The van der Waals surface area contributed by atoms with Crippen LogP contribution in [0.3, 0.4) is 0 Å². The number of fused-ring (bicyclic) bond motifs is 1. The summed E-state index contributed by atoms with van der Waals surface area (Å²) in [7, 11) is 0. The fourth-order valence-corrected chi connectivity index (χ4v) is 4.83. The molecule has 2 N–H and O–H groups in total. The monoisotopic (exact) mass is 513 g/mol. The van der Waals surface area contributed by atoms with Crippen molar-refractivity contribution in [2.75, 3.05) is 31.1 Å². The Kier molecular flexibility index (Phi) is 10.3. The molecule has 3 aromatic rings. The van der Waals surface area contributed by atoms with E-state index >= 15 is 0 Å². The Morgan fingerprint density at radius 1 is 0.921 bits per heavy atom. The van der Waals surface area contributed by atoms with Gasteiger partial charge in [-0.3, -0.25) is 9.59 Å². The smallest absolute Gasteiger partial charge is 0.264 e. The predicted octanol–water partition coefficient (Wildman–Crippen LogP) is 5.43. The number of carbonyl (C=O) groups excluding carboxylic acids is 2. The van der Waals surface area contributed by atoms with E-state index in [1.54, 1.807) is 0 Å². The number of nitrogens with zero attached hydrogens (tertiary/aromatic N) is 1. The summed E-state index contributed by atoms with van der Waals surface area (Å²) in [6.07, 6.45) is 6.27. The zero-order chi connectivity index (χ0) is 26.6. The van der Waals surface area contributed by atoms with E-state index in [1.165, 1.54) is 24.0 Å². The van der Waals surface area contributed by atoms with Gasteiger partial charge >= 0.3 is 0 Å². The van der Waals surface area contributed by atoms with Gasteiger partial charge in [-0.1, -0.05) is 61.7 Å². The summed E-state index contributed by atoms with van der Waals surface area (Å²) in [5, 5.41) is 6.58. The van der Waals surface area contributed by atoms with Crippen molar-refractivity contribution >= 4 is 17.5 Å². The second kappa shape index (κ2) is 14.3. The van der Waals surface area contributed by atoms with E-state index in [0.29, 0.717) is 30.9 Å². The molecule has 6 nitrogen and oxygen atoms in total. The van der Waals surface area contributed by atoms with Crippen molar-refractivity contribution in [2.24, 2.45) is 0 Å². The van der Waals surface area contributed by atoms with Crippen molar-refractivity contribution in [3.8, 4) is 5.75 Å². The highest BCUT2D eigenvalue weighted by molar-refractivity contribution is 5.98. The van der Waals surface area contributed by atoms with Crippen molar-refractivity contribution in [1.29, 1.82) is 0 Å². The van der Waals surface area contributed by atoms with Gasteiger partial charge in [0.25, 0.3) is 11.8 Å². The van der Waals surface area contributed by atoms with E-state index in [4.69, 9.17) is 4.74 Å². The Morgan fingerprint density at radius 3 is 2.53 bits per heavy atom. The van der Waals surface area contributed by atoms with Crippen LogP contribution in [0.1, 0.15) is 59.2 Å². The fraction of sp³-hybridized carbons (Fsp3) is 0.375. The maximum atomic E-state index is 13.4. The zero-order valence-electron chi connectivity index (χ0n) is 22.4. The number of aryl methyl sites for hydroxylation is 1. The molecule has 2 amide bonds. The summed E-state index contributed by atoms with van der Waals surface area (Å²) in [5.74, 6) is 0.496. The molecule has 0 aromatic heterocycles. The van der Waals surface area contributed by atoms with Crippen LogP contribution < -0.4 is 20.3 Å². The first-order valence-electron chi connectivity index (χ1n) is 13.8. The third kappa shape index (κ3) is 7.93. The van der Waals surface area contributed by atoms with E-state index in [0.717, 1.165) is 43.5 Å². The van der Waals surface area contributed by atoms with Gasteiger partial charge in [-0.2, -0.15) is 0 Å². The van der Waals surface area contributed by atoms with Crippen molar-refractivity contribution in [2.45, 2.75) is 52.0 Å². The normalized spacial score (nSPS) is 14.5. The van der Waals surface area contributed by atoms with E-state index in [9.17, 15) is 9.59 Å². The molecule has 1 heterocycles. The van der Waals surface area contributed by atoms with Crippen LogP contribution in [0.25, 0.3) is 0 Å². The maximum absolute atomic E-state index is 13.4. The summed E-state index contributed by atoms with van der Waals surface area (Å²) < 4.78 is 5.79. The molecular weight excluding hydrogens is 474 g/mol. The first-order valence-corrected chi connectivity index (χ1v) is 13.8. The van der Waals surface area contributed by atoms with Crippen LogP contribution in [0, 0.1) is 6.92 Å². The lowest BCUT2D eigenvalue weighted by atomic mass is 10.0. The molecule has 4 rings (SSSR count). The van der Waals surface area contributed by atoms with E-state index < -0.39 is 0 Å². The summed E-state index contributed by atoms with van der Waals surface area (Å²) in [4.78, 5) is 28.2. The van der Waals surface area contributed by atoms with Gasteiger partial charge < -0.3 is 20.3 Å². The summed E-state index contributed by atoms with van der Waals surface area (Å²) in [6, 6.07) is 23.3. The van der Waals surface area contributed by atoms with Crippen molar-refractivity contribution in [1.82, 2.24) is 10.6 Å². The SMILES string of the molecule is Cc1ccccc1CCNC(=O)c1ccc2c(c1)CNCCCCCCCN2C(=O)COc1ccccc1. The fourth-order valence-electron chi connectivity index (χ4n) is 4.83. The minimum atomic E-state index is -0.0993. The number of rotatable bonds is 7. The minimum absolute atomic E-state index is 0.0297. The number of hydrogen-bond acceptors (Lipinski definition) is 4. The Hall–Kier alpha value is -3.64. The standard InChI is InChI=1S/C32H39N3O3/c1-25-12-8-9-13-26(25)18-20-34-32(37)27-16-17-30-28(22-27)23-33-19-10-3-2-4-11-21-35(30)31(36)24-38-29-14-6-5-7-15-29/h5-9,12-17,22,33H,2-4,10-11,18-21,23-24H2,1H3,(H,34,37). The molecule has 0 fully saturated rings. The second-order valence-corrected chi connectivity index (χ2v) is 9.87. The number of nitrogens with one attached hydrogen (secondary N) is 2. The van der Waals surface area contributed by atoms with Crippen molar-refractivity contribution in [3.05, 3.63) is 95.1 Å². The number of para-hydroxylation sites is 1. The molecule has 0 radical (unpaired) electrons. The maximum Gasteiger partial charge on any atom is 0.264 e. The molecule has 0 spiro atoms. The molecule has 1 aliphatic heterocycles. The van der Waals surface area contributed by atoms with Crippen molar-refractivity contribution < 1.29 is 14.3 Å². The molecule has 0 aliphatic carbocycles. The van der Waals surface area contributed by atoms with Gasteiger partial charge in [0.2, 0.25) is 0 Å². The molecule has 3 aromatic carbocycles. The van der Waals surface area contributed by atoms with Gasteiger partial charge in [0.15, 0.2) is 6.61 Å². The Labute approximate surface area is 226 Å². The molecule has 0 atom stereocenters. The van der Waals surface area contributed by atoms with Crippen molar-refractivity contribution in [3.63, 3.8) is 0 Å². The molecule has 0 bridgehead atoms.